The van der Waals surface area contributed by atoms with Gasteiger partial charge in [-0.3, -0.25) is 0 Å². The summed E-state index contributed by atoms with van der Waals surface area (Å²) in [5.41, 5.74) is 4.12. The van der Waals surface area contributed by atoms with E-state index < -0.39 is 0 Å². The van der Waals surface area contributed by atoms with E-state index in [0.717, 1.165) is 12.2 Å². The number of para-hydroxylation sites is 1. The number of benzene rings is 2. The van der Waals surface area contributed by atoms with Crippen molar-refractivity contribution in [1.82, 2.24) is 9.88 Å². The number of ether oxygens (including phenoxy) is 1. The van der Waals surface area contributed by atoms with Crippen LogP contribution >= 0.6 is 0 Å². The third-order valence-corrected chi connectivity index (χ3v) is 5.67. The Labute approximate surface area is 156 Å². The maximum absolute atomic E-state index is 5.40. The van der Waals surface area contributed by atoms with Crippen LogP contribution in [0.15, 0.2) is 54.7 Å². The number of nitrogens with zero attached hydrogens (tertiary/aromatic N) is 1. The summed E-state index contributed by atoms with van der Waals surface area (Å²) < 4.78 is 5.40. The molecule has 3 aromatic rings. The Morgan fingerprint density at radius 1 is 1.15 bits per heavy atom. The third-order valence-electron chi connectivity index (χ3n) is 5.67. The number of rotatable bonds is 6. The standard InChI is InChI=1S/C23H28N2O/c1-26-21-10-4-7-18(15-21)20-9-6-14-25(17-20)13-5-8-19-16-24-23-12-3-2-11-22(19)23/h2-4,7,10-12,15-16,20,24H,5-6,8-9,13-14,17H2,1H3. The maximum Gasteiger partial charge on any atom is 0.119 e. The van der Waals surface area contributed by atoms with Gasteiger partial charge < -0.3 is 14.6 Å². The molecule has 1 atom stereocenters. The number of nitrogens with one attached hydrogen (secondary N) is 1. The molecule has 26 heavy (non-hydrogen) atoms. The van der Waals surface area contributed by atoms with E-state index in [4.69, 9.17) is 4.74 Å². The van der Waals surface area contributed by atoms with Gasteiger partial charge in [0.05, 0.1) is 7.11 Å². The second kappa shape index (κ2) is 7.96. The summed E-state index contributed by atoms with van der Waals surface area (Å²) in [5, 5.41) is 1.38. The van der Waals surface area contributed by atoms with Crippen LogP contribution in [-0.4, -0.2) is 36.6 Å². The van der Waals surface area contributed by atoms with Crippen molar-refractivity contribution in [2.45, 2.75) is 31.6 Å². The van der Waals surface area contributed by atoms with Crippen molar-refractivity contribution < 1.29 is 4.74 Å². The van der Waals surface area contributed by atoms with Crippen molar-refractivity contribution in [3.05, 3.63) is 65.9 Å². The number of hydrogen-bond acceptors (Lipinski definition) is 2. The Morgan fingerprint density at radius 2 is 2.08 bits per heavy atom. The minimum atomic E-state index is 0.631. The van der Waals surface area contributed by atoms with Gasteiger partial charge in [0.15, 0.2) is 0 Å². The van der Waals surface area contributed by atoms with E-state index in [9.17, 15) is 0 Å². The van der Waals surface area contributed by atoms with Crippen LogP contribution in [0.25, 0.3) is 10.9 Å². The minimum Gasteiger partial charge on any atom is -0.497 e. The highest BCUT2D eigenvalue weighted by atomic mass is 16.5. The van der Waals surface area contributed by atoms with E-state index in [1.807, 2.05) is 6.07 Å². The van der Waals surface area contributed by atoms with Crippen molar-refractivity contribution in [3.8, 4) is 5.75 Å². The minimum absolute atomic E-state index is 0.631. The predicted octanol–water partition coefficient (Wildman–Crippen LogP) is 4.99. The quantitative estimate of drug-likeness (QED) is 0.680. The Hall–Kier alpha value is -2.26. The van der Waals surface area contributed by atoms with E-state index in [2.05, 4.69) is 58.5 Å². The number of piperidine rings is 1. The number of H-pyrrole nitrogens is 1. The van der Waals surface area contributed by atoms with Crippen molar-refractivity contribution in [1.29, 1.82) is 0 Å². The summed E-state index contributed by atoms with van der Waals surface area (Å²) in [6.07, 6.45) is 7.11. The topological polar surface area (TPSA) is 28.3 Å². The smallest absolute Gasteiger partial charge is 0.119 e. The van der Waals surface area contributed by atoms with Crippen LogP contribution in [0.1, 0.15) is 36.3 Å². The van der Waals surface area contributed by atoms with Gasteiger partial charge in [-0.15, -0.1) is 0 Å². The molecule has 2 aromatic carbocycles. The number of methoxy groups -OCH3 is 1. The summed E-state index contributed by atoms with van der Waals surface area (Å²) in [7, 11) is 1.75. The lowest BCUT2D eigenvalue weighted by atomic mass is 9.90. The second-order valence-electron chi connectivity index (χ2n) is 7.38. The number of aromatic amines is 1. The van der Waals surface area contributed by atoms with Gasteiger partial charge in [-0.05, 0) is 74.0 Å². The molecule has 3 heteroatoms. The summed E-state index contributed by atoms with van der Waals surface area (Å²) in [5.74, 6) is 1.60. The first-order valence-corrected chi connectivity index (χ1v) is 9.75. The Bertz CT molecular complexity index is 854. The third kappa shape index (κ3) is 3.78. The van der Waals surface area contributed by atoms with Crippen LogP contribution in [-0.2, 0) is 6.42 Å². The summed E-state index contributed by atoms with van der Waals surface area (Å²) in [6, 6.07) is 17.2. The van der Waals surface area contributed by atoms with E-state index in [-0.39, 0.29) is 0 Å². The summed E-state index contributed by atoms with van der Waals surface area (Å²) >= 11 is 0. The van der Waals surface area contributed by atoms with Gasteiger partial charge in [-0.1, -0.05) is 30.3 Å². The first-order chi connectivity index (χ1) is 12.8. The number of hydrogen-bond donors (Lipinski definition) is 1. The Morgan fingerprint density at radius 3 is 3.00 bits per heavy atom. The maximum atomic E-state index is 5.40. The molecule has 0 spiro atoms. The van der Waals surface area contributed by atoms with Crippen molar-refractivity contribution >= 4 is 10.9 Å². The zero-order chi connectivity index (χ0) is 17.8. The van der Waals surface area contributed by atoms with E-state index in [1.54, 1.807) is 7.11 Å². The molecule has 1 saturated heterocycles. The van der Waals surface area contributed by atoms with Gasteiger partial charge in [0.25, 0.3) is 0 Å². The van der Waals surface area contributed by atoms with Crippen LogP contribution in [0.4, 0.5) is 0 Å². The molecule has 3 nitrogen and oxygen atoms in total. The van der Waals surface area contributed by atoms with Crippen LogP contribution in [0, 0.1) is 0 Å². The zero-order valence-corrected chi connectivity index (χ0v) is 15.6. The average molecular weight is 348 g/mol. The van der Waals surface area contributed by atoms with Gasteiger partial charge in [-0.25, -0.2) is 0 Å². The van der Waals surface area contributed by atoms with Crippen LogP contribution in [0.2, 0.25) is 0 Å². The molecule has 2 heterocycles. The monoisotopic (exact) mass is 348 g/mol. The van der Waals surface area contributed by atoms with E-state index in [1.165, 1.54) is 60.9 Å². The fraction of sp³-hybridized carbons (Fsp3) is 0.391. The van der Waals surface area contributed by atoms with Crippen molar-refractivity contribution in [2.75, 3.05) is 26.7 Å². The number of fused-ring (bicyclic) bond motifs is 1. The first-order valence-electron chi connectivity index (χ1n) is 9.75. The number of aryl methyl sites for hydroxylation is 1. The largest absolute Gasteiger partial charge is 0.497 e. The van der Waals surface area contributed by atoms with Crippen LogP contribution in [0.5, 0.6) is 5.75 Å². The summed E-state index contributed by atoms with van der Waals surface area (Å²) in [4.78, 5) is 6.03. The molecule has 136 valence electrons. The number of likely N-dealkylation sites (tertiary alicyclic amines) is 1. The Kier molecular flexibility index (Phi) is 5.26. The van der Waals surface area contributed by atoms with Crippen molar-refractivity contribution in [2.24, 2.45) is 0 Å². The molecule has 1 aliphatic rings. The molecule has 0 radical (unpaired) electrons. The lowest BCUT2D eigenvalue weighted by Crippen LogP contribution is -2.35. The highest BCUT2D eigenvalue weighted by Crippen LogP contribution is 2.29. The van der Waals surface area contributed by atoms with E-state index >= 15 is 0 Å². The Balaban J connectivity index is 1.33. The van der Waals surface area contributed by atoms with Gasteiger partial charge >= 0.3 is 0 Å². The van der Waals surface area contributed by atoms with Crippen LogP contribution in [0.3, 0.4) is 0 Å². The lowest BCUT2D eigenvalue weighted by Gasteiger charge is -2.33. The van der Waals surface area contributed by atoms with Crippen molar-refractivity contribution in [3.63, 3.8) is 0 Å². The van der Waals surface area contributed by atoms with Gasteiger partial charge in [0.2, 0.25) is 0 Å². The molecule has 4 rings (SSSR count). The summed E-state index contributed by atoms with van der Waals surface area (Å²) in [6.45, 7) is 3.58. The molecule has 0 saturated carbocycles. The first kappa shape index (κ1) is 17.2. The SMILES string of the molecule is COc1cccc(C2CCCN(CCCc3c[nH]c4ccccc34)C2)c1. The van der Waals surface area contributed by atoms with E-state index in [0.29, 0.717) is 5.92 Å². The number of aromatic nitrogens is 1. The van der Waals surface area contributed by atoms with Gasteiger partial charge in [0, 0.05) is 23.6 Å². The highest BCUT2D eigenvalue weighted by molar-refractivity contribution is 5.82. The molecule has 0 bridgehead atoms. The fourth-order valence-electron chi connectivity index (χ4n) is 4.26. The predicted molar refractivity (Wildman–Crippen MR) is 108 cm³/mol. The molecule has 1 aliphatic heterocycles. The molecule has 0 amide bonds. The molecule has 0 aliphatic carbocycles. The molecular formula is C23H28N2O. The average Bonchev–Trinajstić information content (AvgIpc) is 3.12. The highest BCUT2D eigenvalue weighted by Gasteiger charge is 2.21. The van der Waals surface area contributed by atoms with Crippen LogP contribution < -0.4 is 4.74 Å². The molecule has 1 N–H and O–H groups in total. The molecular weight excluding hydrogens is 320 g/mol. The van der Waals surface area contributed by atoms with Gasteiger partial charge in [0.1, 0.15) is 5.75 Å². The second-order valence-corrected chi connectivity index (χ2v) is 7.38. The van der Waals surface area contributed by atoms with Gasteiger partial charge in [-0.2, -0.15) is 0 Å². The molecule has 1 fully saturated rings. The zero-order valence-electron chi connectivity index (χ0n) is 15.6. The molecule has 1 aromatic heterocycles. The molecule has 1 unspecified atom stereocenters. The lowest BCUT2D eigenvalue weighted by molar-refractivity contribution is 0.206. The normalized spacial score (nSPS) is 18.3. The fourth-order valence-corrected chi connectivity index (χ4v) is 4.26.